The number of aliphatic hydroxyl groups is 1. The van der Waals surface area contributed by atoms with Crippen molar-refractivity contribution in [1.29, 1.82) is 0 Å². The summed E-state index contributed by atoms with van der Waals surface area (Å²) in [6.07, 6.45) is -0.810. The van der Waals surface area contributed by atoms with Crippen LogP contribution in [0.5, 0.6) is 5.75 Å². The number of ether oxygens (including phenoxy) is 1. The van der Waals surface area contributed by atoms with Crippen LogP contribution >= 0.6 is 11.6 Å². The van der Waals surface area contributed by atoms with Gasteiger partial charge < -0.3 is 15.6 Å². The van der Waals surface area contributed by atoms with Gasteiger partial charge in [-0.2, -0.15) is 0 Å². The van der Waals surface area contributed by atoms with Gasteiger partial charge in [-0.05, 0) is 39.0 Å². The van der Waals surface area contributed by atoms with E-state index in [-0.39, 0.29) is 12.1 Å². The van der Waals surface area contributed by atoms with Gasteiger partial charge in [0.25, 0.3) is 0 Å². The van der Waals surface area contributed by atoms with E-state index in [0.717, 1.165) is 5.56 Å². The summed E-state index contributed by atoms with van der Waals surface area (Å²) in [7, 11) is 0. The normalized spacial score (nSPS) is 16.6. The third-order valence-corrected chi connectivity index (χ3v) is 2.69. The molecule has 0 radical (unpaired) electrons. The number of halogens is 1. The molecule has 3 atom stereocenters. The van der Waals surface area contributed by atoms with E-state index < -0.39 is 6.10 Å². The largest absolute Gasteiger partial charge is 0.488 e. The van der Waals surface area contributed by atoms with Crippen molar-refractivity contribution in [3.05, 3.63) is 28.8 Å². The first-order valence-corrected chi connectivity index (χ1v) is 5.69. The van der Waals surface area contributed by atoms with E-state index in [1.807, 2.05) is 13.8 Å². The van der Waals surface area contributed by atoms with Crippen LogP contribution in [0.1, 0.15) is 32.4 Å². The van der Waals surface area contributed by atoms with E-state index in [9.17, 15) is 5.11 Å². The number of nitrogens with two attached hydrogens (primary N) is 1. The zero-order valence-corrected chi connectivity index (χ0v) is 10.5. The number of hydrogen-bond donors (Lipinski definition) is 2. The number of aliphatic hydroxyl groups excluding tert-OH is 1. The highest BCUT2D eigenvalue weighted by atomic mass is 35.5. The first kappa shape index (κ1) is 13.3. The molecule has 1 aromatic carbocycles. The standard InChI is InChI=1S/C12H18ClNO2/c1-7(14)11-6-10(13)4-5-12(11)16-9(3)8(2)15/h4-9,15H,14H2,1-3H3. The molecule has 0 aliphatic rings. The molecule has 3 nitrogen and oxygen atoms in total. The lowest BCUT2D eigenvalue weighted by atomic mass is 10.1. The Bertz CT molecular complexity index is 353. The third-order valence-electron chi connectivity index (χ3n) is 2.45. The van der Waals surface area contributed by atoms with Gasteiger partial charge in [0.1, 0.15) is 11.9 Å². The van der Waals surface area contributed by atoms with Gasteiger partial charge in [0.15, 0.2) is 0 Å². The van der Waals surface area contributed by atoms with Gasteiger partial charge >= 0.3 is 0 Å². The van der Waals surface area contributed by atoms with Gasteiger partial charge in [-0.3, -0.25) is 0 Å². The maximum absolute atomic E-state index is 9.38. The Labute approximate surface area is 101 Å². The van der Waals surface area contributed by atoms with E-state index in [4.69, 9.17) is 22.1 Å². The lowest BCUT2D eigenvalue weighted by Gasteiger charge is -2.21. The summed E-state index contributed by atoms with van der Waals surface area (Å²) in [4.78, 5) is 0. The SMILES string of the molecule is CC(N)c1cc(Cl)ccc1OC(C)C(C)O. The summed E-state index contributed by atoms with van der Waals surface area (Å²) < 4.78 is 5.63. The monoisotopic (exact) mass is 243 g/mol. The van der Waals surface area contributed by atoms with Crippen molar-refractivity contribution < 1.29 is 9.84 Å². The first-order valence-electron chi connectivity index (χ1n) is 5.31. The number of hydrogen-bond acceptors (Lipinski definition) is 3. The fourth-order valence-electron chi connectivity index (χ4n) is 1.28. The molecule has 0 saturated carbocycles. The highest BCUT2D eigenvalue weighted by Crippen LogP contribution is 2.28. The Morgan fingerprint density at radius 1 is 1.31 bits per heavy atom. The molecule has 0 aliphatic heterocycles. The van der Waals surface area contributed by atoms with E-state index >= 15 is 0 Å². The van der Waals surface area contributed by atoms with Gasteiger partial charge in [0.2, 0.25) is 0 Å². The molecule has 16 heavy (non-hydrogen) atoms. The number of benzene rings is 1. The summed E-state index contributed by atoms with van der Waals surface area (Å²) in [6, 6.07) is 5.16. The minimum Gasteiger partial charge on any atom is -0.488 e. The van der Waals surface area contributed by atoms with Crippen molar-refractivity contribution >= 4 is 11.6 Å². The highest BCUT2D eigenvalue weighted by molar-refractivity contribution is 6.30. The summed E-state index contributed by atoms with van der Waals surface area (Å²) in [6.45, 7) is 5.36. The Kier molecular flexibility index (Phi) is 4.59. The van der Waals surface area contributed by atoms with Crippen molar-refractivity contribution in [3.8, 4) is 5.75 Å². The Morgan fingerprint density at radius 3 is 2.44 bits per heavy atom. The Hall–Kier alpha value is -0.770. The van der Waals surface area contributed by atoms with Gasteiger partial charge in [-0.15, -0.1) is 0 Å². The van der Waals surface area contributed by atoms with Crippen LogP contribution in [0.4, 0.5) is 0 Å². The van der Waals surface area contributed by atoms with Crippen molar-refractivity contribution in [1.82, 2.24) is 0 Å². The minimum absolute atomic E-state index is 0.158. The van der Waals surface area contributed by atoms with Crippen LogP contribution in [0.25, 0.3) is 0 Å². The maximum atomic E-state index is 9.38. The number of rotatable bonds is 4. The Morgan fingerprint density at radius 2 is 1.94 bits per heavy atom. The smallest absolute Gasteiger partial charge is 0.124 e. The average molecular weight is 244 g/mol. The second kappa shape index (κ2) is 5.53. The molecule has 4 heteroatoms. The van der Waals surface area contributed by atoms with Gasteiger partial charge in [0, 0.05) is 16.6 Å². The molecular formula is C12H18ClNO2. The zero-order chi connectivity index (χ0) is 12.3. The van der Waals surface area contributed by atoms with Crippen LogP contribution in [-0.2, 0) is 0 Å². The fraction of sp³-hybridized carbons (Fsp3) is 0.500. The van der Waals surface area contributed by atoms with Crippen LogP contribution in [0.15, 0.2) is 18.2 Å². The molecule has 90 valence electrons. The third kappa shape index (κ3) is 3.37. The lowest BCUT2D eigenvalue weighted by Crippen LogP contribution is -2.26. The van der Waals surface area contributed by atoms with Crippen LogP contribution in [0.2, 0.25) is 5.02 Å². The van der Waals surface area contributed by atoms with Crippen molar-refractivity contribution in [3.63, 3.8) is 0 Å². The van der Waals surface area contributed by atoms with Gasteiger partial charge in [-0.1, -0.05) is 11.6 Å². The molecule has 0 aromatic heterocycles. The average Bonchev–Trinajstić information content (AvgIpc) is 2.20. The molecule has 3 unspecified atom stereocenters. The molecule has 0 saturated heterocycles. The Balaban J connectivity index is 2.95. The predicted molar refractivity (Wildman–Crippen MR) is 65.8 cm³/mol. The summed E-state index contributed by atoms with van der Waals surface area (Å²) >= 11 is 5.90. The van der Waals surface area contributed by atoms with Gasteiger partial charge in [0.05, 0.1) is 6.10 Å². The van der Waals surface area contributed by atoms with Crippen LogP contribution in [-0.4, -0.2) is 17.3 Å². The molecule has 0 amide bonds. The van der Waals surface area contributed by atoms with E-state index in [0.29, 0.717) is 10.8 Å². The molecule has 1 rings (SSSR count). The van der Waals surface area contributed by atoms with Crippen molar-refractivity contribution in [2.75, 3.05) is 0 Å². The molecule has 0 heterocycles. The molecule has 1 aromatic rings. The van der Waals surface area contributed by atoms with E-state index in [2.05, 4.69) is 0 Å². The summed E-state index contributed by atoms with van der Waals surface area (Å²) in [5, 5.41) is 10.0. The maximum Gasteiger partial charge on any atom is 0.124 e. The first-order chi connectivity index (χ1) is 7.41. The molecule has 0 spiro atoms. The quantitative estimate of drug-likeness (QED) is 0.854. The topological polar surface area (TPSA) is 55.5 Å². The lowest BCUT2D eigenvalue weighted by molar-refractivity contribution is 0.0596. The van der Waals surface area contributed by atoms with Gasteiger partial charge in [-0.25, -0.2) is 0 Å². The highest BCUT2D eigenvalue weighted by Gasteiger charge is 2.14. The predicted octanol–water partition coefficient (Wildman–Crippen LogP) is 2.51. The van der Waals surface area contributed by atoms with Crippen molar-refractivity contribution in [2.45, 2.75) is 39.0 Å². The zero-order valence-electron chi connectivity index (χ0n) is 9.77. The molecule has 3 N–H and O–H groups in total. The summed E-state index contributed by atoms with van der Waals surface area (Å²) in [5.74, 6) is 0.674. The van der Waals surface area contributed by atoms with Crippen LogP contribution in [0.3, 0.4) is 0 Å². The molecular weight excluding hydrogens is 226 g/mol. The van der Waals surface area contributed by atoms with Crippen LogP contribution < -0.4 is 10.5 Å². The van der Waals surface area contributed by atoms with Crippen LogP contribution in [0, 0.1) is 0 Å². The molecule has 0 aliphatic carbocycles. The van der Waals surface area contributed by atoms with Crippen molar-refractivity contribution in [2.24, 2.45) is 5.73 Å². The molecule has 0 bridgehead atoms. The minimum atomic E-state index is -0.531. The second-order valence-electron chi connectivity index (χ2n) is 4.03. The van der Waals surface area contributed by atoms with E-state index in [1.165, 1.54) is 0 Å². The fourth-order valence-corrected chi connectivity index (χ4v) is 1.46. The summed E-state index contributed by atoms with van der Waals surface area (Å²) in [5.41, 5.74) is 6.68. The second-order valence-corrected chi connectivity index (χ2v) is 4.47. The molecule has 0 fully saturated rings. The van der Waals surface area contributed by atoms with E-state index in [1.54, 1.807) is 25.1 Å².